The van der Waals surface area contributed by atoms with E-state index in [1.54, 1.807) is 25.1 Å². The van der Waals surface area contributed by atoms with Crippen LogP contribution >= 0.6 is 0 Å². The van der Waals surface area contributed by atoms with Crippen molar-refractivity contribution in [3.8, 4) is 17.2 Å². The molecule has 0 spiro atoms. The van der Waals surface area contributed by atoms with Gasteiger partial charge in [-0.1, -0.05) is 0 Å². The van der Waals surface area contributed by atoms with Crippen molar-refractivity contribution in [2.24, 2.45) is 0 Å². The molecule has 0 aliphatic rings. The van der Waals surface area contributed by atoms with Crippen molar-refractivity contribution in [3.05, 3.63) is 23.8 Å². The van der Waals surface area contributed by atoms with Gasteiger partial charge >= 0.3 is 0 Å². The minimum atomic E-state index is -0.290. The molecule has 1 unspecified atom stereocenters. The summed E-state index contributed by atoms with van der Waals surface area (Å²) in [4.78, 5) is 11.6. The maximum absolute atomic E-state index is 11.6. The zero-order valence-corrected chi connectivity index (χ0v) is 12.7. The van der Waals surface area contributed by atoms with Crippen molar-refractivity contribution >= 4 is 12.0 Å². The summed E-state index contributed by atoms with van der Waals surface area (Å²) in [5, 5.41) is 11.5. The van der Waals surface area contributed by atoms with Gasteiger partial charge in [-0.25, -0.2) is 0 Å². The van der Waals surface area contributed by atoms with Gasteiger partial charge in [0.25, 0.3) is 0 Å². The number of ether oxygens (including phenoxy) is 3. The molecule has 116 valence electrons. The van der Waals surface area contributed by atoms with Gasteiger partial charge in [0, 0.05) is 12.1 Å². The van der Waals surface area contributed by atoms with E-state index in [0.29, 0.717) is 17.2 Å². The van der Waals surface area contributed by atoms with E-state index in [0.717, 1.165) is 5.56 Å². The topological polar surface area (TPSA) is 77.0 Å². The second-order valence-corrected chi connectivity index (χ2v) is 4.38. The van der Waals surface area contributed by atoms with Crippen molar-refractivity contribution < 1.29 is 24.1 Å². The molecule has 0 radical (unpaired) electrons. The first-order chi connectivity index (χ1) is 10.0. The molecular formula is C15H21NO5. The van der Waals surface area contributed by atoms with E-state index in [9.17, 15) is 4.79 Å². The van der Waals surface area contributed by atoms with Crippen LogP contribution in [0.3, 0.4) is 0 Å². The lowest BCUT2D eigenvalue weighted by molar-refractivity contribution is -0.117. The van der Waals surface area contributed by atoms with Gasteiger partial charge < -0.3 is 24.6 Å². The molecule has 1 aromatic carbocycles. The summed E-state index contributed by atoms with van der Waals surface area (Å²) < 4.78 is 15.7. The molecule has 6 nitrogen and oxygen atoms in total. The smallest absolute Gasteiger partial charge is 0.244 e. The Labute approximate surface area is 124 Å². The molecule has 2 N–H and O–H groups in total. The summed E-state index contributed by atoms with van der Waals surface area (Å²) >= 11 is 0. The van der Waals surface area contributed by atoms with Crippen LogP contribution in [-0.4, -0.2) is 45.0 Å². The molecule has 1 aromatic rings. The fourth-order valence-electron chi connectivity index (χ4n) is 1.71. The highest BCUT2D eigenvalue weighted by Crippen LogP contribution is 2.38. The lowest BCUT2D eigenvalue weighted by Crippen LogP contribution is -2.33. The summed E-state index contributed by atoms with van der Waals surface area (Å²) in [5.74, 6) is 1.24. The molecule has 6 heteroatoms. The summed E-state index contributed by atoms with van der Waals surface area (Å²) in [7, 11) is 4.58. The molecule has 0 aliphatic carbocycles. The number of carbonyl (C=O) groups is 1. The van der Waals surface area contributed by atoms with Crippen LogP contribution in [-0.2, 0) is 4.79 Å². The Hall–Kier alpha value is -2.21. The van der Waals surface area contributed by atoms with Crippen LogP contribution in [0.25, 0.3) is 6.08 Å². The highest BCUT2D eigenvalue weighted by atomic mass is 16.5. The number of hydrogen-bond donors (Lipinski definition) is 2. The standard InChI is InChI=1S/C15H21NO5/c1-10(9-17)16-14(18)6-5-11-7-12(19-2)15(21-4)13(8-11)20-3/h5-8,10,17H,9H2,1-4H3,(H,16,18)/b6-5+. The normalized spacial score (nSPS) is 12.0. The fourth-order valence-corrected chi connectivity index (χ4v) is 1.71. The number of amides is 1. The summed E-state index contributed by atoms with van der Waals surface area (Å²) in [6.07, 6.45) is 3.01. The first kappa shape index (κ1) is 16.8. The van der Waals surface area contributed by atoms with Crippen LogP contribution < -0.4 is 19.5 Å². The van der Waals surface area contributed by atoms with Gasteiger partial charge in [-0.05, 0) is 30.7 Å². The average molecular weight is 295 g/mol. The van der Waals surface area contributed by atoms with Crippen molar-refractivity contribution in [1.82, 2.24) is 5.32 Å². The van der Waals surface area contributed by atoms with E-state index in [4.69, 9.17) is 19.3 Å². The number of aliphatic hydroxyl groups is 1. The second-order valence-electron chi connectivity index (χ2n) is 4.38. The number of benzene rings is 1. The lowest BCUT2D eigenvalue weighted by Gasteiger charge is -2.13. The summed E-state index contributed by atoms with van der Waals surface area (Å²) in [5.41, 5.74) is 0.733. The Morgan fingerprint density at radius 1 is 1.24 bits per heavy atom. The first-order valence-electron chi connectivity index (χ1n) is 6.45. The predicted molar refractivity (Wildman–Crippen MR) is 79.8 cm³/mol. The van der Waals surface area contributed by atoms with E-state index >= 15 is 0 Å². The molecule has 1 amide bonds. The van der Waals surface area contributed by atoms with E-state index in [2.05, 4.69) is 5.32 Å². The molecule has 0 aliphatic heterocycles. The highest BCUT2D eigenvalue weighted by molar-refractivity contribution is 5.92. The van der Waals surface area contributed by atoms with E-state index < -0.39 is 0 Å². The maximum Gasteiger partial charge on any atom is 0.244 e. The Morgan fingerprint density at radius 3 is 2.24 bits per heavy atom. The first-order valence-corrected chi connectivity index (χ1v) is 6.45. The lowest BCUT2D eigenvalue weighted by atomic mass is 10.1. The monoisotopic (exact) mass is 295 g/mol. The van der Waals surface area contributed by atoms with Gasteiger partial charge in [0.1, 0.15) is 0 Å². The Bertz CT molecular complexity index is 488. The second kappa shape index (κ2) is 8.16. The SMILES string of the molecule is COc1cc(/C=C/C(=O)NC(C)CO)cc(OC)c1OC. The molecule has 1 atom stereocenters. The molecule has 21 heavy (non-hydrogen) atoms. The summed E-state index contributed by atoms with van der Waals surface area (Å²) in [6.45, 7) is 1.61. The number of aliphatic hydroxyl groups excluding tert-OH is 1. The Balaban J connectivity index is 2.96. The third-order valence-corrected chi connectivity index (χ3v) is 2.78. The number of methoxy groups -OCH3 is 3. The van der Waals surface area contributed by atoms with Gasteiger partial charge in [0.05, 0.1) is 27.9 Å². The van der Waals surface area contributed by atoms with Crippen molar-refractivity contribution in [2.45, 2.75) is 13.0 Å². The van der Waals surface area contributed by atoms with E-state index in [1.807, 2.05) is 0 Å². The van der Waals surface area contributed by atoms with E-state index in [1.165, 1.54) is 27.4 Å². The van der Waals surface area contributed by atoms with Crippen molar-refractivity contribution in [1.29, 1.82) is 0 Å². The minimum absolute atomic E-state index is 0.107. The molecule has 0 fully saturated rings. The third-order valence-electron chi connectivity index (χ3n) is 2.78. The van der Waals surface area contributed by atoms with Gasteiger partial charge in [0.2, 0.25) is 11.7 Å². The zero-order chi connectivity index (χ0) is 15.8. The van der Waals surface area contributed by atoms with Crippen LogP contribution in [0, 0.1) is 0 Å². The van der Waals surface area contributed by atoms with E-state index in [-0.39, 0.29) is 18.6 Å². The number of carbonyl (C=O) groups excluding carboxylic acids is 1. The molecular weight excluding hydrogens is 274 g/mol. The van der Waals surface area contributed by atoms with Crippen LogP contribution in [0.2, 0.25) is 0 Å². The van der Waals surface area contributed by atoms with Crippen LogP contribution in [0.4, 0.5) is 0 Å². The molecule has 0 bridgehead atoms. The number of rotatable bonds is 7. The van der Waals surface area contributed by atoms with Crippen molar-refractivity contribution in [2.75, 3.05) is 27.9 Å². The average Bonchev–Trinajstić information content (AvgIpc) is 2.51. The number of nitrogens with one attached hydrogen (secondary N) is 1. The summed E-state index contributed by atoms with van der Waals surface area (Å²) in [6, 6.07) is 3.18. The molecule has 0 aromatic heterocycles. The molecule has 0 saturated carbocycles. The van der Waals surface area contributed by atoms with Gasteiger partial charge in [0.15, 0.2) is 11.5 Å². The molecule has 0 heterocycles. The van der Waals surface area contributed by atoms with Crippen LogP contribution in [0.1, 0.15) is 12.5 Å². The minimum Gasteiger partial charge on any atom is -0.493 e. The highest BCUT2D eigenvalue weighted by Gasteiger charge is 2.12. The third kappa shape index (κ3) is 4.68. The predicted octanol–water partition coefficient (Wildman–Crippen LogP) is 1.22. The van der Waals surface area contributed by atoms with Gasteiger partial charge in [-0.15, -0.1) is 0 Å². The Kier molecular flexibility index (Phi) is 6.55. The number of hydrogen-bond acceptors (Lipinski definition) is 5. The zero-order valence-electron chi connectivity index (χ0n) is 12.7. The maximum atomic E-state index is 11.6. The van der Waals surface area contributed by atoms with Gasteiger partial charge in [-0.2, -0.15) is 0 Å². The largest absolute Gasteiger partial charge is 0.493 e. The van der Waals surface area contributed by atoms with Crippen LogP contribution in [0.15, 0.2) is 18.2 Å². The van der Waals surface area contributed by atoms with Crippen molar-refractivity contribution in [3.63, 3.8) is 0 Å². The fraction of sp³-hybridized carbons (Fsp3) is 0.400. The molecule has 1 rings (SSSR count). The van der Waals surface area contributed by atoms with Gasteiger partial charge in [-0.3, -0.25) is 4.79 Å². The molecule has 0 saturated heterocycles. The Morgan fingerprint density at radius 2 is 1.81 bits per heavy atom. The van der Waals surface area contributed by atoms with Crippen LogP contribution in [0.5, 0.6) is 17.2 Å². The quantitative estimate of drug-likeness (QED) is 0.740.